The molecule has 3 N–H and O–H groups in total. The molecule has 0 saturated carbocycles. The summed E-state index contributed by atoms with van der Waals surface area (Å²) < 4.78 is 23.2. The number of carbonyl (C=O) groups excluding carboxylic acids is 1. The van der Waals surface area contributed by atoms with E-state index in [9.17, 15) is 24.5 Å². The van der Waals surface area contributed by atoms with Crippen LogP contribution in [0.1, 0.15) is 200 Å². The van der Waals surface area contributed by atoms with Gasteiger partial charge in [-0.15, -0.1) is 0 Å². The lowest BCUT2D eigenvalue weighted by Crippen LogP contribution is -2.51. The van der Waals surface area contributed by atoms with E-state index in [1.54, 1.807) is 0 Å². The van der Waals surface area contributed by atoms with Crippen LogP contribution in [0.4, 0.5) is 0 Å². The van der Waals surface area contributed by atoms with Gasteiger partial charge in [0.1, 0.15) is 19.3 Å². The lowest BCUT2D eigenvalue weighted by molar-refractivity contribution is -0.870. The standard InChI is InChI=1S/C53H97N2O7P/c1-6-8-10-12-14-16-18-20-21-22-23-24-25-26-27-28-29-30-31-32-33-34-36-38-40-42-44-46-52(57)54-50(49-62-63(59,60)61-48-47-55(3,4)5)53(58)51(56)45-43-41-39-37-35-19-17-15-13-11-9-7-2/h8,10,14,16,20-21,23-24,26-27,37,39,50-51,53,56,58H,6-7,9,11-13,15,17-19,22,25,28-36,38,40-49H2,1-5H3,(H-,54,57,59,60)/b10-8-,16-14-,21-20-,24-23-,27-26-,39-37+. The van der Waals surface area contributed by atoms with E-state index in [1.807, 2.05) is 21.1 Å². The van der Waals surface area contributed by atoms with Crippen LogP contribution in [0.2, 0.25) is 0 Å². The van der Waals surface area contributed by atoms with Gasteiger partial charge < -0.3 is 34.0 Å². The topological polar surface area (TPSA) is 128 Å². The lowest BCUT2D eigenvalue weighted by atomic mass is 10.0. The third-order valence-electron chi connectivity index (χ3n) is 11.0. The second-order valence-corrected chi connectivity index (χ2v) is 19.7. The van der Waals surface area contributed by atoms with E-state index in [-0.39, 0.29) is 18.9 Å². The van der Waals surface area contributed by atoms with E-state index >= 15 is 0 Å². The number of hydrogen-bond donors (Lipinski definition) is 3. The number of quaternary nitrogens is 1. The fourth-order valence-electron chi connectivity index (χ4n) is 6.99. The summed E-state index contributed by atoms with van der Waals surface area (Å²) in [5, 5.41) is 24.6. The molecule has 0 aliphatic heterocycles. The Kier molecular flexibility index (Phi) is 42.3. The maximum Gasteiger partial charge on any atom is 0.268 e. The van der Waals surface area contributed by atoms with E-state index in [0.717, 1.165) is 70.6 Å². The van der Waals surface area contributed by atoms with Crippen molar-refractivity contribution >= 4 is 13.7 Å². The third kappa shape index (κ3) is 44.9. The van der Waals surface area contributed by atoms with E-state index < -0.39 is 32.7 Å². The predicted octanol–water partition coefficient (Wildman–Crippen LogP) is 13.1. The van der Waals surface area contributed by atoms with Gasteiger partial charge >= 0.3 is 0 Å². The number of carbonyl (C=O) groups is 1. The molecule has 0 radical (unpaired) electrons. The molecule has 0 aliphatic rings. The SMILES string of the molecule is CC/C=C\C/C=C\C/C=C\C/C=C\C/C=C\CCCCCCCCCCCCCC(=O)NC(COP(=O)([O-])OCC[N+](C)(C)C)C(O)C(O)CCC/C=C/CCCCCCCCC. The van der Waals surface area contributed by atoms with E-state index in [4.69, 9.17) is 9.05 Å². The molecule has 4 unspecified atom stereocenters. The van der Waals surface area contributed by atoms with Gasteiger partial charge in [-0.1, -0.05) is 183 Å². The van der Waals surface area contributed by atoms with E-state index in [2.05, 4.69) is 92.1 Å². The molecule has 0 aromatic rings. The summed E-state index contributed by atoms with van der Waals surface area (Å²) in [6, 6.07) is -1.09. The number of nitrogens with one attached hydrogen (secondary N) is 1. The summed E-state index contributed by atoms with van der Waals surface area (Å²) in [6.07, 6.45) is 55.2. The van der Waals surface area contributed by atoms with Crippen molar-refractivity contribution in [3.8, 4) is 0 Å². The van der Waals surface area contributed by atoms with E-state index in [0.29, 0.717) is 30.3 Å². The van der Waals surface area contributed by atoms with Gasteiger partial charge in [-0.3, -0.25) is 9.36 Å². The molecule has 0 saturated heterocycles. The molecule has 0 aromatic heterocycles. The number of aliphatic hydroxyl groups excluding tert-OH is 2. The smallest absolute Gasteiger partial charge is 0.268 e. The molecular formula is C53H97N2O7P. The Morgan fingerprint density at radius 2 is 1.00 bits per heavy atom. The minimum atomic E-state index is -4.68. The van der Waals surface area contributed by atoms with Crippen LogP contribution in [-0.2, 0) is 18.4 Å². The zero-order chi connectivity index (χ0) is 46.5. The largest absolute Gasteiger partial charge is 0.756 e. The van der Waals surface area contributed by atoms with Gasteiger partial charge in [0.25, 0.3) is 7.82 Å². The molecular weight excluding hydrogens is 808 g/mol. The minimum Gasteiger partial charge on any atom is -0.756 e. The number of allylic oxidation sites excluding steroid dienone is 12. The fourth-order valence-corrected chi connectivity index (χ4v) is 7.71. The Morgan fingerprint density at radius 3 is 1.48 bits per heavy atom. The number of nitrogens with zero attached hydrogens (tertiary/aromatic N) is 1. The first-order chi connectivity index (χ1) is 30.4. The van der Waals surface area contributed by atoms with Crippen LogP contribution >= 0.6 is 7.82 Å². The number of unbranched alkanes of at least 4 members (excludes halogenated alkanes) is 19. The highest BCUT2D eigenvalue weighted by Crippen LogP contribution is 2.38. The van der Waals surface area contributed by atoms with Crippen LogP contribution in [0.25, 0.3) is 0 Å². The van der Waals surface area contributed by atoms with Gasteiger partial charge in [0.2, 0.25) is 5.91 Å². The summed E-state index contributed by atoms with van der Waals surface area (Å²) in [4.78, 5) is 25.4. The van der Waals surface area contributed by atoms with Gasteiger partial charge in [0.15, 0.2) is 0 Å². The zero-order valence-electron chi connectivity index (χ0n) is 41.1. The summed E-state index contributed by atoms with van der Waals surface area (Å²) in [5.41, 5.74) is 0. The number of rotatable bonds is 45. The first-order valence-corrected chi connectivity index (χ1v) is 26.8. The molecule has 0 fully saturated rings. The van der Waals surface area contributed by atoms with Gasteiger partial charge in [-0.05, 0) is 83.5 Å². The Bertz CT molecular complexity index is 1270. The van der Waals surface area contributed by atoms with Crippen molar-refractivity contribution in [1.82, 2.24) is 5.32 Å². The fraction of sp³-hybridized carbons (Fsp3) is 0.755. The molecule has 0 rings (SSSR count). The highest BCUT2D eigenvalue weighted by atomic mass is 31.2. The van der Waals surface area contributed by atoms with Crippen LogP contribution in [0.3, 0.4) is 0 Å². The Morgan fingerprint density at radius 1 is 0.587 bits per heavy atom. The third-order valence-corrected chi connectivity index (χ3v) is 12.0. The molecule has 9 nitrogen and oxygen atoms in total. The highest BCUT2D eigenvalue weighted by Gasteiger charge is 2.29. The monoisotopic (exact) mass is 905 g/mol. The van der Waals surface area contributed by atoms with Crippen molar-refractivity contribution in [2.24, 2.45) is 0 Å². The second kappa shape index (κ2) is 43.8. The number of amides is 1. The second-order valence-electron chi connectivity index (χ2n) is 18.3. The van der Waals surface area contributed by atoms with E-state index in [1.165, 1.54) is 89.9 Å². The quantitative estimate of drug-likeness (QED) is 0.0240. The van der Waals surface area contributed by atoms with Gasteiger partial charge in [0.05, 0.1) is 39.9 Å². The van der Waals surface area contributed by atoms with Crippen LogP contribution in [-0.4, -0.2) is 79.8 Å². The summed E-state index contributed by atoms with van der Waals surface area (Å²) in [5.74, 6) is -0.295. The number of aliphatic hydroxyl groups is 2. The molecule has 366 valence electrons. The summed E-state index contributed by atoms with van der Waals surface area (Å²) in [6.45, 7) is 4.28. The molecule has 0 spiro atoms. The maximum atomic E-state index is 12.9. The lowest BCUT2D eigenvalue weighted by Gasteiger charge is -2.31. The Hall–Kier alpha value is -2.10. The van der Waals surface area contributed by atoms with Crippen molar-refractivity contribution in [3.05, 3.63) is 72.9 Å². The van der Waals surface area contributed by atoms with Crippen LogP contribution < -0.4 is 10.2 Å². The molecule has 10 heteroatoms. The van der Waals surface area contributed by atoms with Gasteiger partial charge in [-0.25, -0.2) is 0 Å². The maximum absolute atomic E-state index is 12.9. The van der Waals surface area contributed by atoms with Crippen LogP contribution in [0.15, 0.2) is 72.9 Å². The Balaban J connectivity index is 4.31. The average Bonchev–Trinajstić information content (AvgIpc) is 3.24. The number of phosphoric acid groups is 1. The van der Waals surface area contributed by atoms with Gasteiger partial charge in [-0.2, -0.15) is 0 Å². The molecule has 0 aromatic carbocycles. The Labute approximate surface area is 387 Å². The normalized spacial score (nSPS) is 15.2. The zero-order valence-corrected chi connectivity index (χ0v) is 42.0. The highest BCUT2D eigenvalue weighted by molar-refractivity contribution is 7.45. The van der Waals surface area contributed by atoms with Crippen molar-refractivity contribution in [2.75, 3.05) is 40.9 Å². The first-order valence-electron chi connectivity index (χ1n) is 25.4. The average molecular weight is 905 g/mol. The molecule has 0 heterocycles. The van der Waals surface area contributed by atoms with Crippen molar-refractivity contribution in [3.63, 3.8) is 0 Å². The number of hydrogen-bond acceptors (Lipinski definition) is 7. The van der Waals surface area contributed by atoms with Gasteiger partial charge in [0, 0.05) is 6.42 Å². The molecule has 0 bridgehead atoms. The van der Waals surface area contributed by atoms with Crippen molar-refractivity contribution in [1.29, 1.82) is 0 Å². The minimum absolute atomic E-state index is 0.0497. The van der Waals surface area contributed by atoms with Crippen molar-refractivity contribution < 1.29 is 38.0 Å². The summed E-state index contributed by atoms with van der Waals surface area (Å²) in [7, 11) is 1.10. The molecule has 63 heavy (non-hydrogen) atoms. The number of phosphoric ester groups is 1. The first kappa shape index (κ1) is 60.9. The predicted molar refractivity (Wildman–Crippen MR) is 266 cm³/mol. The number of likely N-dealkylation sites (N-methyl/N-ethyl adjacent to an activating group) is 1. The summed E-state index contributed by atoms with van der Waals surface area (Å²) >= 11 is 0. The molecule has 4 atom stereocenters. The molecule has 0 aliphatic carbocycles. The van der Waals surface area contributed by atoms with Crippen LogP contribution in [0, 0.1) is 0 Å². The van der Waals surface area contributed by atoms with Crippen molar-refractivity contribution in [2.45, 2.75) is 218 Å². The molecule has 1 amide bonds. The van der Waals surface area contributed by atoms with Crippen LogP contribution in [0.5, 0.6) is 0 Å².